The Bertz CT molecular complexity index is 1160. The molecule has 4 aromatic rings. The maximum Gasteiger partial charge on any atom is 0.278 e. The molecule has 1 aliphatic rings. The molecule has 3 heterocycles. The molecule has 1 fully saturated rings. The number of nitrogens with one attached hydrogen (secondary N) is 1. The van der Waals surface area contributed by atoms with Crippen molar-refractivity contribution in [1.29, 1.82) is 0 Å². The molecule has 0 saturated carbocycles. The zero-order valence-corrected chi connectivity index (χ0v) is 19.1. The number of thiophene rings is 1. The Kier molecular flexibility index (Phi) is 6.62. The van der Waals surface area contributed by atoms with Gasteiger partial charge in [-0.05, 0) is 34.7 Å². The maximum atomic E-state index is 12.7. The third-order valence-corrected chi connectivity index (χ3v) is 6.73. The molecule has 1 saturated heterocycles. The lowest BCUT2D eigenvalue weighted by molar-refractivity contribution is 0.102. The fourth-order valence-corrected chi connectivity index (χ4v) is 4.79. The zero-order valence-electron chi connectivity index (χ0n) is 18.3. The van der Waals surface area contributed by atoms with Gasteiger partial charge < -0.3 is 9.73 Å². The Morgan fingerprint density at radius 1 is 0.879 bits per heavy atom. The first-order valence-electron chi connectivity index (χ1n) is 11.1. The van der Waals surface area contributed by atoms with Gasteiger partial charge in [-0.1, -0.05) is 48.5 Å². The number of oxazole rings is 1. The van der Waals surface area contributed by atoms with Crippen LogP contribution in [0.2, 0.25) is 0 Å². The summed E-state index contributed by atoms with van der Waals surface area (Å²) in [5.74, 6) is 0.236. The molecule has 7 heteroatoms. The minimum absolute atomic E-state index is 0.269. The van der Waals surface area contributed by atoms with Crippen LogP contribution in [0.5, 0.6) is 0 Å². The summed E-state index contributed by atoms with van der Waals surface area (Å²) in [6, 6.07) is 22.5. The van der Waals surface area contributed by atoms with Crippen molar-refractivity contribution < 1.29 is 9.21 Å². The molecule has 0 radical (unpaired) electrons. The van der Waals surface area contributed by atoms with Crippen LogP contribution < -0.4 is 5.32 Å². The minimum atomic E-state index is -0.269. The molecule has 2 aromatic carbocycles. The molecule has 0 aliphatic carbocycles. The number of rotatable bonds is 7. The van der Waals surface area contributed by atoms with Gasteiger partial charge in [-0.3, -0.25) is 14.6 Å². The van der Waals surface area contributed by atoms with Crippen LogP contribution in [-0.4, -0.2) is 46.9 Å². The molecule has 5 rings (SSSR count). The number of hydrogen-bond acceptors (Lipinski definition) is 6. The molecule has 0 atom stereocenters. The van der Waals surface area contributed by atoms with Crippen molar-refractivity contribution in [3.8, 4) is 10.6 Å². The molecule has 2 aromatic heterocycles. The van der Waals surface area contributed by atoms with Crippen molar-refractivity contribution >= 4 is 22.9 Å². The van der Waals surface area contributed by atoms with E-state index in [-0.39, 0.29) is 5.91 Å². The highest BCUT2D eigenvalue weighted by Gasteiger charge is 2.20. The average Bonchev–Trinajstić information content (AvgIpc) is 3.54. The number of carbonyl (C=O) groups is 1. The zero-order chi connectivity index (χ0) is 22.5. The van der Waals surface area contributed by atoms with E-state index in [0.29, 0.717) is 11.5 Å². The van der Waals surface area contributed by atoms with E-state index in [0.717, 1.165) is 49.8 Å². The van der Waals surface area contributed by atoms with E-state index in [9.17, 15) is 4.79 Å². The van der Waals surface area contributed by atoms with Gasteiger partial charge in [-0.2, -0.15) is 0 Å². The Morgan fingerprint density at radius 3 is 2.18 bits per heavy atom. The Labute approximate surface area is 197 Å². The lowest BCUT2D eigenvalue weighted by Gasteiger charge is -2.34. The maximum absolute atomic E-state index is 12.7. The highest BCUT2D eigenvalue weighted by atomic mass is 32.1. The summed E-state index contributed by atoms with van der Waals surface area (Å²) < 4.78 is 5.44. The molecule has 0 bridgehead atoms. The second-order valence-electron chi connectivity index (χ2n) is 8.20. The number of anilines is 1. The SMILES string of the molecule is O=C(Nc1ccc(CN2CCN(Cc3ccccc3)CC2)cc1)c1ncoc1-c1cccs1. The van der Waals surface area contributed by atoms with Gasteiger partial charge in [0.25, 0.3) is 5.91 Å². The van der Waals surface area contributed by atoms with E-state index in [2.05, 4.69) is 62.6 Å². The van der Waals surface area contributed by atoms with E-state index in [1.165, 1.54) is 28.9 Å². The Hall–Kier alpha value is -3.26. The van der Waals surface area contributed by atoms with Crippen molar-refractivity contribution in [2.75, 3.05) is 31.5 Å². The summed E-state index contributed by atoms with van der Waals surface area (Å²) in [5, 5.41) is 4.88. The first-order valence-corrected chi connectivity index (χ1v) is 12.0. The fourth-order valence-electron chi connectivity index (χ4n) is 4.08. The van der Waals surface area contributed by atoms with Gasteiger partial charge in [0, 0.05) is 45.0 Å². The molecule has 0 spiro atoms. The van der Waals surface area contributed by atoms with E-state index < -0.39 is 0 Å². The molecular weight excluding hydrogens is 432 g/mol. The van der Waals surface area contributed by atoms with E-state index >= 15 is 0 Å². The number of hydrogen-bond donors (Lipinski definition) is 1. The molecule has 33 heavy (non-hydrogen) atoms. The predicted octanol–water partition coefficient (Wildman–Crippen LogP) is 4.97. The molecule has 1 aliphatic heterocycles. The van der Waals surface area contributed by atoms with Gasteiger partial charge in [0.2, 0.25) is 0 Å². The number of carbonyl (C=O) groups excluding carboxylic acids is 1. The average molecular weight is 459 g/mol. The summed E-state index contributed by atoms with van der Waals surface area (Å²) in [5.41, 5.74) is 3.66. The topological polar surface area (TPSA) is 61.6 Å². The molecule has 1 N–H and O–H groups in total. The Morgan fingerprint density at radius 2 is 1.55 bits per heavy atom. The van der Waals surface area contributed by atoms with Gasteiger partial charge in [0.15, 0.2) is 17.8 Å². The largest absolute Gasteiger partial charge is 0.442 e. The van der Waals surface area contributed by atoms with Crippen molar-refractivity contribution in [3.63, 3.8) is 0 Å². The van der Waals surface area contributed by atoms with Crippen LogP contribution in [0.15, 0.2) is 82.9 Å². The van der Waals surface area contributed by atoms with Crippen LogP contribution in [0.1, 0.15) is 21.6 Å². The normalized spacial score (nSPS) is 14.9. The summed E-state index contributed by atoms with van der Waals surface area (Å²) >= 11 is 1.52. The van der Waals surface area contributed by atoms with Crippen molar-refractivity contribution in [1.82, 2.24) is 14.8 Å². The third-order valence-electron chi connectivity index (χ3n) is 5.86. The van der Waals surface area contributed by atoms with Crippen LogP contribution in [-0.2, 0) is 13.1 Å². The van der Waals surface area contributed by atoms with Crippen molar-refractivity contribution in [2.45, 2.75) is 13.1 Å². The highest BCUT2D eigenvalue weighted by Crippen LogP contribution is 2.28. The number of piperazine rings is 1. The van der Waals surface area contributed by atoms with Crippen LogP contribution in [0.4, 0.5) is 5.69 Å². The lowest BCUT2D eigenvalue weighted by Crippen LogP contribution is -2.45. The predicted molar refractivity (Wildman–Crippen MR) is 131 cm³/mol. The molecule has 168 valence electrons. The fraction of sp³-hybridized carbons (Fsp3) is 0.231. The first kappa shape index (κ1) is 21.6. The second kappa shape index (κ2) is 10.1. The van der Waals surface area contributed by atoms with Crippen molar-refractivity contribution in [3.05, 3.63) is 95.3 Å². The van der Waals surface area contributed by atoms with Gasteiger partial charge >= 0.3 is 0 Å². The van der Waals surface area contributed by atoms with Crippen LogP contribution in [0.3, 0.4) is 0 Å². The monoisotopic (exact) mass is 458 g/mol. The quantitative estimate of drug-likeness (QED) is 0.424. The highest BCUT2D eigenvalue weighted by molar-refractivity contribution is 7.13. The van der Waals surface area contributed by atoms with E-state index in [4.69, 9.17) is 4.42 Å². The standard InChI is InChI=1S/C26H26N4O2S/c31-26(24-25(32-19-27-24)23-7-4-16-33-23)28-22-10-8-21(9-11-22)18-30-14-12-29(13-15-30)17-20-5-2-1-3-6-20/h1-11,16,19H,12-15,17-18H2,(H,28,31). The summed E-state index contributed by atoms with van der Waals surface area (Å²) in [6.07, 6.45) is 1.31. The van der Waals surface area contributed by atoms with Gasteiger partial charge in [-0.15, -0.1) is 11.3 Å². The van der Waals surface area contributed by atoms with Gasteiger partial charge in [-0.25, -0.2) is 4.98 Å². The second-order valence-corrected chi connectivity index (χ2v) is 9.14. The van der Waals surface area contributed by atoms with E-state index in [1.807, 2.05) is 29.6 Å². The van der Waals surface area contributed by atoms with Crippen LogP contribution >= 0.6 is 11.3 Å². The third kappa shape index (κ3) is 5.39. The Balaban J connectivity index is 1.13. The summed E-state index contributed by atoms with van der Waals surface area (Å²) in [6.45, 7) is 6.20. The van der Waals surface area contributed by atoms with Crippen LogP contribution in [0.25, 0.3) is 10.6 Å². The summed E-state index contributed by atoms with van der Waals surface area (Å²) in [7, 11) is 0. The van der Waals surface area contributed by atoms with Crippen molar-refractivity contribution in [2.24, 2.45) is 0 Å². The smallest absolute Gasteiger partial charge is 0.278 e. The van der Waals surface area contributed by atoms with Gasteiger partial charge in [0.05, 0.1) is 4.88 Å². The summed E-state index contributed by atoms with van der Waals surface area (Å²) in [4.78, 5) is 22.7. The van der Waals surface area contributed by atoms with Gasteiger partial charge in [0.1, 0.15) is 0 Å². The minimum Gasteiger partial charge on any atom is -0.442 e. The van der Waals surface area contributed by atoms with E-state index in [1.54, 1.807) is 0 Å². The molecular formula is C26H26N4O2S. The number of benzene rings is 2. The molecule has 6 nitrogen and oxygen atoms in total. The number of aromatic nitrogens is 1. The number of amides is 1. The molecule has 1 amide bonds. The molecule has 0 unspecified atom stereocenters. The number of nitrogens with zero attached hydrogens (tertiary/aromatic N) is 3. The van der Waals surface area contributed by atoms with Crippen LogP contribution in [0, 0.1) is 0 Å². The first-order chi connectivity index (χ1) is 16.2. The lowest BCUT2D eigenvalue weighted by atomic mass is 10.1.